The number of fused-ring (bicyclic) bond motifs is 1. The second kappa shape index (κ2) is 2.66. The van der Waals surface area contributed by atoms with Gasteiger partial charge in [0.05, 0.1) is 5.69 Å². The van der Waals surface area contributed by atoms with E-state index in [2.05, 4.69) is 16.9 Å². The maximum absolute atomic E-state index is 11.3. The predicted molar refractivity (Wildman–Crippen MR) is 44.0 cm³/mol. The van der Waals surface area contributed by atoms with Gasteiger partial charge in [0, 0.05) is 24.7 Å². The van der Waals surface area contributed by atoms with Gasteiger partial charge in [-0.1, -0.05) is 6.92 Å². The minimum Gasteiger partial charge on any atom is -0.292 e. The van der Waals surface area contributed by atoms with E-state index in [1.165, 1.54) is 0 Å². The smallest absolute Gasteiger partial charge is 0.183 e. The number of rotatable bonds is 0. The van der Waals surface area contributed by atoms with Crippen LogP contribution in [0.15, 0.2) is 12.4 Å². The summed E-state index contributed by atoms with van der Waals surface area (Å²) in [6.45, 7) is 2.08. The number of Topliss-reactive ketones (excluding diaryl/α,β-unsaturated/α-hetero) is 1. The van der Waals surface area contributed by atoms with Gasteiger partial charge in [-0.25, -0.2) is 4.98 Å². The monoisotopic (exact) mass is 162 g/mol. The molecular weight excluding hydrogens is 152 g/mol. The molecule has 0 aromatic carbocycles. The van der Waals surface area contributed by atoms with Crippen LogP contribution in [0.5, 0.6) is 0 Å². The van der Waals surface area contributed by atoms with Gasteiger partial charge in [-0.3, -0.25) is 9.78 Å². The zero-order chi connectivity index (χ0) is 8.55. The van der Waals surface area contributed by atoms with Gasteiger partial charge in [-0.2, -0.15) is 0 Å². The van der Waals surface area contributed by atoms with Gasteiger partial charge < -0.3 is 0 Å². The molecule has 0 amide bonds. The molecule has 0 bridgehead atoms. The number of nitrogens with zero attached hydrogens (tertiary/aromatic N) is 2. The van der Waals surface area contributed by atoms with Crippen LogP contribution < -0.4 is 0 Å². The van der Waals surface area contributed by atoms with Gasteiger partial charge in [0.15, 0.2) is 5.78 Å². The van der Waals surface area contributed by atoms with E-state index >= 15 is 0 Å². The number of ketones is 1. The molecule has 1 atom stereocenters. The SMILES string of the molecule is CC1CCC(=O)c2nccnc21. The topological polar surface area (TPSA) is 42.9 Å². The molecule has 0 saturated heterocycles. The van der Waals surface area contributed by atoms with E-state index in [1.807, 2.05) is 0 Å². The van der Waals surface area contributed by atoms with E-state index in [0.717, 1.165) is 12.1 Å². The molecule has 3 heteroatoms. The second-order valence-electron chi connectivity index (χ2n) is 3.15. The highest BCUT2D eigenvalue weighted by atomic mass is 16.1. The van der Waals surface area contributed by atoms with Crippen LogP contribution in [0.4, 0.5) is 0 Å². The Hall–Kier alpha value is -1.25. The third-order valence-corrected chi connectivity index (χ3v) is 2.26. The lowest BCUT2D eigenvalue weighted by molar-refractivity contribution is 0.0961. The average Bonchev–Trinajstić information content (AvgIpc) is 2.12. The molecule has 0 saturated carbocycles. The van der Waals surface area contributed by atoms with Crippen LogP contribution in [-0.4, -0.2) is 15.8 Å². The summed E-state index contributed by atoms with van der Waals surface area (Å²) in [6.07, 6.45) is 4.75. The van der Waals surface area contributed by atoms with Crippen LogP contribution in [0, 0.1) is 0 Å². The number of carbonyl (C=O) groups is 1. The first-order valence-electron chi connectivity index (χ1n) is 4.13. The zero-order valence-electron chi connectivity index (χ0n) is 6.95. The van der Waals surface area contributed by atoms with Crippen molar-refractivity contribution in [2.45, 2.75) is 25.7 Å². The molecule has 62 valence electrons. The summed E-state index contributed by atoms with van der Waals surface area (Å²) < 4.78 is 0. The van der Waals surface area contributed by atoms with Crippen LogP contribution in [0.2, 0.25) is 0 Å². The van der Waals surface area contributed by atoms with E-state index in [4.69, 9.17) is 0 Å². The summed E-state index contributed by atoms with van der Waals surface area (Å²) in [5.74, 6) is 0.516. The number of hydrogen-bond acceptors (Lipinski definition) is 3. The highest BCUT2D eigenvalue weighted by molar-refractivity contribution is 5.96. The number of hydrogen-bond donors (Lipinski definition) is 0. The number of carbonyl (C=O) groups excluding carboxylic acids is 1. The van der Waals surface area contributed by atoms with Gasteiger partial charge in [0.2, 0.25) is 0 Å². The van der Waals surface area contributed by atoms with Crippen molar-refractivity contribution in [1.29, 1.82) is 0 Å². The first kappa shape index (κ1) is 7.40. The van der Waals surface area contributed by atoms with E-state index in [-0.39, 0.29) is 5.78 Å². The molecule has 0 fully saturated rings. The molecule has 3 nitrogen and oxygen atoms in total. The Morgan fingerprint density at radius 2 is 2.17 bits per heavy atom. The van der Waals surface area contributed by atoms with Gasteiger partial charge in [-0.05, 0) is 6.42 Å². The predicted octanol–water partition coefficient (Wildman–Crippen LogP) is 1.56. The molecule has 1 aromatic rings. The summed E-state index contributed by atoms with van der Waals surface area (Å²) in [5.41, 5.74) is 1.45. The van der Waals surface area contributed by atoms with Gasteiger partial charge >= 0.3 is 0 Å². The Morgan fingerprint density at radius 1 is 1.42 bits per heavy atom. The molecule has 0 N–H and O–H groups in total. The van der Waals surface area contributed by atoms with Crippen molar-refractivity contribution in [3.05, 3.63) is 23.8 Å². The lowest BCUT2D eigenvalue weighted by atomic mass is 9.90. The first-order chi connectivity index (χ1) is 5.79. The molecule has 1 aliphatic carbocycles. The minimum atomic E-state index is 0.135. The highest BCUT2D eigenvalue weighted by Crippen LogP contribution is 2.27. The molecule has 1 aromatic heterocycles. The Labute approximate surface area is 70.9 Å². The standard InChI is InChI=1S/C9H10N2O/c1-6-2-3-7(12)9-8(6)10-4-5-11-9/h4-6H,2-3H2,1H3. The molecule has 0 aliphatic heterocycles. The Balaban J connectivity index is 2.55. The van der Waals surface area contributed by atoms with E-state index in [1.54, 1.807) is 12.4 Å². The Kier molecular flexibility index (Phi) is 1.64. The fraction of sp³-hybridized carbons (Fsp3) is 0.444. The largest absolute Gasteiger partial charge is 0.292 e. The van der Waals surface area contributed by atoms with Crippen LogP contribution in [0.1, 0.15) is 41.9 Å². The van der Waals surface area contributed by atoms with Crippen molar-refractivity contribution in [3.63, 3.8) is 0 Å². The molecular formula is C9H10N2O. The fourth-order valence-corrected chi connectivity index (χ4v) is 1.53. The molecule has 1 aliphatic rings. The van der Waals surface area contributed by atoms with E-state index in [9.17, 15) is 4.79 Å². The summed E-state index contributed by atoms with van der Waals surface area (Å²) in [4.78, 5) is 19.5. The normalized spacial score (nSPS) is 22.1. The summed E-state index contributed by atoms with van der Waals surface area (Å²) >= 11 is 0. The summed E-state index contributed by atoms with van der Waals surface area (Å²) in [6, 6.07) is 0. The van der Waals surface area contributed by atoms with Crippen molar-refractivity contribution in [2.75, 3.05) is 0 Å². The lowest BCUT2D eigenvalue weighted by Crippen LogP contribution is -2.17. The molecule has 12 heavy (non-hydrogen) atoms. The molecule has 1 heterocycles. The maximum Gasteiger partial charge on any atom is 0.183 e. The van der Waals surface area contributed by atoms with Crippen molar-refractivity contribution < 1.29 is 4.79 Å². The Morgan fingerprint density at radius 3 is 2.92 bits per heavy atom. The first-order valence-corrected chi connectivity index (χ1v) is 4.13. The second-order valence-corrected chi connectivity index (χ2v) is 3.15. The quantitative estimate of drug-likeness (QED) is 0.581. The minimum absolute atomic E-state index is 0.135. The molecule has 0 spiro atoms. The number of aromatic nitrogens is 2. The van der Waals surface area contributed by atoms with Crippen molar-refractivity contribution in [2.24, 2.45) is 0 Å². The van der Waals surface area contributed by atoms with Crippen LogP contribution >= 0.6 is 0 Å². The maximum atomic E-state index is 11.3. The van der Waals surface area contributed by atoms with Gasteiger partial charge in [0.1, 0.15) is 5.69 Å². The van der Waals surface area contributed by atoms with E-state index in [0.29, 0.717) is 18.0 Å². The fourth-order valence-electron chi connectivity index (χ4n) is 1.53. The third kappa shape index (κ3) is 1.02. The zero-order valence-corrected chi connectivity index (χ0v) is 6.95. The third-order valence-electron chi connectivity index (χ3n) is 2.26. The van der Waals surface area contributed by atoms with Gasteiger partial charge in [-0.15, -0.1) is 0 Å². The van der Waals surface area contributed by atoms with Crippen molar-refractivity contribution in [3.8, 4) is 0 Å². The molecule has 2 rings (SSSR count). The summed E-state index contributed by atoms with van der Waals surface area (Å²) in [7, 11) is 0. The molecule has 0 radical (unpaired) electrons. The van der Waals surface area contributed by atoms with Crippen molar-refractivity contribution >= 4 is 5.78 Å². The van der Waals surface area contributed by atoms with Crippen LogP contribution in [0.25, 0.3) is 0 Å². The Bertz CT molecular complexity index is 322. The molecule has 1 unspecified atom stereocenters. The average molecular weight is 162 g/mol. The van der Waals surface area contributed by atoms with Crippen LogP contribution in [0.3, 0.4) is 0 Å². The summed E-state index contributed by atoms with van der Waals surface area (Å²) in [5, 5.41) is 0. The lowest BCUT2D eigenvalue weighted by Gasteiger charge is -2.17. The highest BCUT2D eigenvalue weighted by Gasteiger charge is 2.24. The van der Waals surface area contributed by atoms with Crippen LogP contribution in [-0.2, 0) is 0 Å². The van der Waals surface area contributed by atoms with E-state index < -0.39 is 0 Å². The van der Waals surface area contributed by atoms with Crippen molar-refractivity contribution in [1.82, 2.24) is 9.97 Å². The van der Waals surface area contributed by atoms with Gasteiger partial charge in [0.25, 0.3) is 0 Å².